The average molecular weight is 303 g/mol. The van der Waals surface area contributed by atoms with Gasteiger partial charge in [-0.05, 0) is 36.0 Å². The largest absolute Gasteiger partial charge is 0.573 e. The highest BCUT2D eigenvalue weighted by molar-refractivity contribution is 5.29. The van der Waals surface area contributed by atoms with E-state index in [9.17, 15) is 13.2 Å². The van der Waals surface area contributed by atoms with Gasteiger partial charge in [-0.1, -0.05) is 39.8 Å². The van der Waals surface area contributed by atoms with Gasteiger partial charge >= 0.3 is 6.36 Å². The van der Waals surface area contributed by atoms with Crippen molar-refractivity contribution in [3.05, 3.63) is 29.8 Å². The van der Waals surface area contributed by atoms with E-state index in [1.165, 1.54) is 12.1 Å². The Labute approximate surface area is 124 Å². The molecule has 2 nitrogen and oxygen atoms in total. The minimum absolute atomic E-state index is 0.0722. The summed E-state index contributed by atoms with van der Waals surface area (Å²) in [6.07, 6.45) is -4.65. The van der Waals surface area contributed by atoms with E-state index >= 15 is 0 Å². The van der Waals surface area contributed by atoms with Gasteiger partial charge in [0.2, 0.25) is 0 Å². The predicted octanol–water partition coefficient (Wildman–Crippen LogP) is 4.92. The zero-order valence-corrected chi connectivity index (χ0v) is 13.2. The normalized spacial score (nSPS) is 14.3. The lowest BCUT2D eigenvalue weighted by Crippen LogP contribution is -2.34. The molecule has 0 aliphatic heterocycles. The molecule has 5 heteroatoms. The van der Waals surface area contributed by atoms with Crippen molar-refractivity contribution >= 4 is 0 Å². The van der Waals surface area contributed by atoms with Crippen LogP contribution in [0.1, 0.15) is 46.2 Å². The molecule has 0 aliphatic rings. The van der Waals surface area contributed by atoms with E-state index in [2.05, 4.69) is 37.7 Å². The minimum Gasteiger partial charge on any atom is -0.406 e. The molecule has 0 saturated heterocycles. The molecule has 1 N–H and O–H groups in total. The third-order valence-electron chi connectivity index (χ3n) is 4.04. The van der Waals surface area contributed by atoms with E-state index in [1.54, 1.807) is 12.1 Å². The third-order valence-corrected chi connectivity index (χ3v) is 4.04. The summed E-state index contributed by atoms with van der Waals surface area (Å²) in [4.78, 5) is 0. The Morgan fingerprint density at radius 2 is 1.57 bits per heavy atom. The first-order valence-corrected chi connectivity index (χ1v) is 7.10. The van der Waals surface area contributed by atoms with Crippen molar-refractivity contribution in [2.24, 2.45) is 11.3 Å². The average Bonchev–Trinajstić information content (AvgIpc) is 2.35. The van der Waals surface area contributed by atoms with Gasteiger partial charge in [0.15, 0.2) is 0 Å². The molecule has 1 rings (SSSR count). The van der Waals surface area contributed by atoms with Crippen LogP contribution in [-0.2, 0) is 0 Å². The van der Waals surface area contributed by atoms with Crippen LogP contribution >= 0.6 is 0 Å². The fourth-order valence-electron chi connectivity index (χ4n) is 1.70. The Kier molecular flexibility index (Phi) is 5.68. The molecule has 0 aromatic heterocycles. The van der Waals surface area contributed by atoms with E-state index in [1.807, 2.05) is 6.92 Å². The Hall–Kier alpha value is -1.23. The number of hydrogen-bond donors (Lipinski definition) is 1. The van der Waals surface area contributed by atoms with Gasteiger partial charge in [0.25, 0.3) is 0 Å². The van der Waals surface area contributed by atoms with Crippen molar-refractivity contribution in [2.45, 2.75) is 47.0 Å². The minimum atomic E-state index is -4.65. The van der Waals surface area contributed by atoms with Gasteiger partial charge in [0.1, 0.15) is 5.75 Å². The second-order valence-electron chi connectivity index (χ2n) is 6.36. The zero-order chi connectivity index (χ0) is 16.3. The van der Waals surface area contributed by atoms with Gasteiger partial charge in [0.05, 0.1) is 0 Å². The first kappa shape index (κ1) is 17.8. The van der Waals surface area contributed by atoms with Crippen LogP contribution in [0, 0.1) is 11.3 Å². The van der Waals surface area contributed by atoms with Gasteiger partial charge in [0, 0.05) is 12.6 Å². The molecule has 0 fully saturated rings. The highest BCUT2D eigenvalue weighted by Gasteiger charge is 2.31. The molecule has 120 valence electrons. The number of halogens is 3. The molecule has 0 heterocycles. The molecule has 21 heavy (non-hydrogen) atoms. The molecule has 0 aliphatic carbocycles. The summed E-state index contributed by atoms with van der Waals surface area (Å²) in [5, 5.41) is 3.43. The van der Waals surface area contributed by atoms with Crippen molar-refractivity contribution in [1.29, 1.82) is 0 Å². The van der Waals surface area contributed by atoms with Crippen LogP contribution in [0.5, 0.6) is 5.75 Å². The van der Waals surface area contributed by atoms with Crippen LogP contribution in [0.4, 0.5) is 13.2 Å². The van der Waals surface area contributed by atoms with Crippen molar-refractivity contribution in [2.75, 3.05) is 6.54 Å². The smallest absolute Gasteiger partial charge is 0.406 e. The van der Waals surface area contributed by atoms with E-state index in [0.29, 0.717) is 5.92 Å². The van der Waals surface area contributed by atoms with E-state index in [4.69, 9.17) is 0 Å². The van der Waals surface area contributed by atoms with Crippen LogP contribution in [0.2, 0.25) is 0 Å². The molecule has 0 bridgehead atoms. The summed E-state index contributed by atoms with van der Waals surface area (Å²) in [5.74, 6) is 0.348. The second-order valence-corrected chi connectivity index (χ2v) is 6.36. The molecule has 1 aromatic rings. The number of benzene rings is 1. The van der Waals surface area contributed by atoms with Crippen LogP contribution < -0.4 is 10.1 Å². The fraction of sp³-hybridized carbons (Fsp3) is 0.625. The lowest BCUT2D eigenvalue weighted by Gasteiger charge is -2.31. The van der Waals surface area contributed by atoms with Gasteiger partial charge in [-0.25, -0.2) is 0 Å². The maximum Gasteiger partial charge on any atom is 0.573 e. The lowest BCUT2D eigenvalue weighted by molar-refractivity contribution is -0.274. The van der Waals surface area contributed by atoms with Gasteiger partial charge < -0.3 is 10.1 Å². The quantitative estimate of drug-likeness (QED) is 0.805. The Bertz CT molecular complexity index is 438. The SMILES string of the molecule is CC(NCC(C)(C)C(C)C)c1ccc(OC(F)(F)F)cc1. The molecule has 1 atom stereocenters. The molecule has 1 unspecified atom stereocenters. The number of hydrogen-bond acceptors (Lipinski definition) is 2. The fourth-order valence-corrected chi connectivity index (χ4v) is 1.70. The summed E-state index contributed by atoms with van der Waals surface area (Å²) >= 11 is 0. The number of rotatable bonds is 6. The summed E-state index contributed by atoms with van der Waals surface area (Å²) in [6, 6.07) is 6.06. The standard InChI is InChI=1S/C16H24F3NO/c1-11(2)15(4,5)10-20-12(3)13-6-8-14(9-7-13)21-16(17,18)19/h6-9,11-12,20H,10H2,1-5H3. The maximum absolute atomic E-state index is 12.1. The third kappa shape index (κ3) is 5.96. The first-order chi connectivity index (χ1) is 9.51. The number of ether oxygens (including phenoxy) is 1. The Morgan fingerprint density at radius 3 is 2.00 bits per heavy atom. The first-order valence-electron chi connectivity index (χ1n) is 7.10. The predicted molar refractivity (Wildman–Crippen MR) is 78.2 cm³/mol. The summed E-state index contributed by atoms with van der Waals surface area (Å²) < 4.78 is 40.1. The molecule has 0 saturated carbocycles. The molecular formula is C16H24F3NO. The molecule has 0 radical (unpaired) electrons. The van der Waals surface area contributed by atoms with E-state index in [0.717, 1.165) is 12.1 Å². The highest BCUT2D eigenvalue weighted by atomic mass is 19.4. The molecule has 0 spiro atoms. The van der Waals surface area contributed by atoms with Crippen LogP contribution in [0.25, 0.3) is 0 Å². The molecule has 1 aromatic carbocycles. The van der Waals surface area contributed by atoms with E-state index < -0.39 is 6.36 Å². The van der Waals surface area contributed by atoms with E-state index in [-0.39, 0.29) is 17.2 Å². The lowest BCUT2D eigenvalue weighted by atomic mass is 9.81. The van der Waals surface area contributed by atoms with Crippen molar-refractivity contribution in [3.8, 4) is 5.75 Å². The monoisotopic (exact) mass is 303 g/mol. The molecular weight excluding hydrogens is 279 g/mol. The second kappa shape index (κ2) is 6.69. The van der Waals surface area contributed by atoms with Crippen molar-refractivity contribution in [1.82, 2.24) is 5.32 Å². The van der Waals surface area contributed by atoms with Crippen molar-refractivity contribution in [3.63, 3.8) is 0 Å². The summed E-state index contributed by atoms with van der Waals surface area (Å²) in [5.41, 5.74) is 1.09. The summed E-state index contributed by atoms with van der Waals surface area (Å²) in [7, 11) is 0. The Balaban J connectivity index is 2.61. The van der Waals surface area contributed by atoms with Gasteiger partial charge in [-0.3, -0.25) is 0 Å². The van der Waals surface area contributed by atoms with Crippen LogP contribution in [0.3, 0.4) is 0 Å². The van der Waals surface area contributed by atoms with Crippen LogP contribution in [-0.4, -0.2) is 12.9 Å². The van der Waals surface area contributed by atoms with Gasteiger partial charge in [-0.15, -0.1) is 13.2 Å². The summed E-state index contributed by atoms with van der Waals surface area (Å²) in [6.45, 7) is 11.6. The highest BCUT2D eigenvalue weighted by Crippen LogP contribution is 2.27. The number of alkyl halides is 3. The van der Waals surface area contributed by atoms with Crippen molar-refractivity contribution < 1.29 is 17.9 Å². The van der Waals surface area contributed by atoms with Crippen LogP contribution in [0.15, 0.2) is 24.3 Å². The van der Waals surface area contributed by atoms with Gasteiger partial charge in [-0.2, -0.15) is 0 Å². The zero-order valence-electron chi connectivity index (χ0n) is 13.2. The topological polar surface area (TPSA) is 21.3 Å². The Morgan fingerprint density at radius 1 is 1.05 bits per heavy atom. The molecule has 0 amide bonds. The maximum atomic E-state index is 12.1. The number of nitrogens with one attached hydrogen (secondary N) is 1.